The van der Waals surface area contributed by atoms with Crippen LogP contribution in [0.4, 0.5) is 23.3 Å². The van der Waals surface area contributed by atoms with Crippen molar-refractivity contribution in [3.63, 3.8) is 0 Å². The molecule has 0 radical (unpaired) electrons. The molecule has 8 aromatic heterocycles. The average molecular weight is 1620 g/mol. The Labute approximate surface area is 657 Å². The van der Waals surface area contributed by atoms with E-state index < -0.39 is 133 Å². The van der Waals surface area contributed by atoms with E-state index >= 15 is 0 Å². The Kier molecular flexibility index (Phi) is 27.4. The number of aromatic nitrogens is 16. The van der Waals surface area contributed by atoms with Crippen LogP contribution < -0.4 is 50.8 Å². The Hall–Kier alpha value is -6.22. The first-order valence-electron chi connectivity index (χ1n) is 35.5. The number of aliphatic hydroxyl groups excluding tert-OH is 10. The second-order valence-electron chi connectivity index (χ2n) is 27.5. The van der Waals surface area contributed by atoms with Gasteiger partial charge in [0.05, 0.1) is 45.1 Å². The van der Waals surface area contributed by atoms with Crippen molar-refractivity contribution in [1.29, 1.82) is 0 Å². The zero-order valence-electron chi connectivity index (χ0n) is 58.6. The monoisotopic (exact) mass is 1620 g/mol. The molecular formula is C62H83Cl3N21NaO21S. The third-order valence-corrected chi connectivity index (χ3v) is 21.3. The normalized spacial score (nSPS) is 29.0. The summed E-state index contributed by atoms with van der Waals surface area (Å²) in [7, 11) is -4.97. The molecule has 8 fully saturated rings. The summed E-state index contributed by atoms with van der Waals surface area (Å²) in [5.41, 5.74) is 3.48. The van der Waals surface area contributed by atoms with Gasteiger partial charge in [-0.05, 0) is 86.2 Å². The SMILES string of the molecule is O=S(=O)([O-])OC[C@H]1O[C@@H](n2cnc3c(NC4CCCCC4)nc(Cl)nc32)[C@H](O)[C@@H]1O.O=[N+]([O-])OC[C@H]1O[C@@H](n2cnc3c(NC4CCCCC4)nc(Cl)nc32)[C@H](O)[C@@H]1O.OC[C@H]1O[C@@H](n2cnc3c(NC4CCCC4)nc(Cl)nc32)[C@H](O)[C@@H]1O.OC[C@H]1O[C@@H](n2cnc3c(NC4CCCC4)ncnc32)[C@H](O)[C@@H]1O.[Na+]. The summed E-state index contributed by atoms with van der Waals surface area (Å²) in [5, 5.41) is 123. The minimum atomic E-state index is -4.97. The molecule has 4 aliphatic carbocycles. The molecule has 47 heteroatoms. The summed E-state index contributed by atoms with van der Waals surface area (Å²) in [6.07, 6.45) is 8.88. The average Bonchev–Trinajstić information content (AvgIpc) is 1.64. The number of nitrogens with zero attached hydrogens (tertiary/aromatic N) is 17. The van der Waals surface area contributed by atoms with E-state index in [4.69, 9.17) is 53.8 Å². The van der Waals surface area contributed by atoms with Crippen molar-refractivity contribution in [2.24, 2.45) is 0 Å². The molecule has 4 saturated heterocycles. The summed E-state index contributed by atoms with van der Waals surface area (Å²) < 4.78 is 64.2. The van der Waals surface area contributed by atoms with Gasteiger partial charge in [-0.2, -0.15) is 29.9 Å². The van der Waals surface area contributed by atoms with Gasteiger partial charge in [0.15, 0.2) is 92.8 Å². The van der Waals surface area contributed by atoms with E-state index in [1.807, 2.05) is 0 Å². The van der Waals surface area contributed by atoms with E-state index in [0.29, 0.717) is 74.4 Å². The van der Waals surface area contributed by atoms with Crippen LogP contribution in [0.3, 0.4) is 0 Å². The topological polar surface area (TPSA) is 581 Å². The zero-order chi connectivity index (χ0) is 76.2. The molecule has 0 aromatic carbocycles. The molecule has 12 heterocycles. The summed E-state index contributed by atoms with van der Waals surface area (Å²) >= 11 is 18.3. The maximum Gasteiger partial charge on any atom is 1.00 e. The first-order chi connectivity index (χ1) is 51.9. The molecule has 0 bridgehead atoms. The fraction of sp³-hybridized carbons (Fsp3) is 0.677. The van der Waals surface area contributed by atoms with Gasteiger partial charge in [0, 0.05) is 24.2 Å². The molecule has 590 valence electrons. The number of anilines is 4. The summed E-state index contributed by atoms with van der Waals surface area (Å²) in [6, 6.07) is 1.22. The van der Waals surface area contributed by atoms with Gasteiger partial charge < -0.3 is 101 Å². The minimum absolute atomic E-state index is 0. The van der Waals surface area contributed by atoms with Crippen LogP contribution in [0.15, 0.2) is 31.6 Å². The molecule has 8 aromatic rings. The van der Waals surface area contributed by atoms with Gasteiger partial charge in [-0.3, -0.25) is 22.5 Å². The van der Waals surface area contributed by atoms with Crippen molar-refractivity contribution >= 4 is 113 Å². The molecule has 4 saturated carbocycles. The Morgan fingerprint density at radius 2 is 0.725 bits per heavy atom. The van der Waals surface area contributed by atoms with E-state index in [1.54, 1.807) is 4.57 Å². The van der Waals surface area contributed by atoms with Gasteiger partial charge in [-0.1, -0.05) is 64.2 Å². The number of imidazole rings is 4. The van der Waals surface area contributed by atoms with E-state index in [1.165, 1.54) is 83.9 Å². The van der Waals surface area contributed by atoms with Crippen LogP contribution >= 0.6 is 34.8 Å². The van der Waals surface area contributed by atoms with E-state index in [9.17, 15) is 74.2 Å². The fourth-order valence-electron chi connectivity index (χ4n) is 14.8. The zero-order valence-corrected chi connectivity index (χ0v) is 63.7. The van der Waals surface area contributed by atoms with Gasteiger partial charge in [0.2, 0.25) is 26.2 Å². The predicted molar refractivity (Wildman–Crippen MR) is 376 cm³/mol. The van der Waals surface area contributed by atoms with Crippen molar-refractivity contribution in [2.45, 2.75) is 238 Å². The van der Waals surface area contributed by atoms with E-state index in [2.05, 4.69) is 90.1 Å². The molecule has 109 heavy (non-hydrogen) atoms. The predicted octanol–water partition coefficient (Wildman–Crippen LogP) is -1.39. The first-order valence-corrected chi connectivity index (χ1v) is 38.0. The summed E-state index contributed by atoms with van der Waals surface area (Å²) in [4.78, 5) is 65.8. The Morgan fingerprint density at radius 3 is 1.05 bits per heavy atom. The van der Waals surface area contributed by atoms with Crippen LogP contribution in [-0.4, -0.2) is 271 Å². The maximum absolute atomic E-state index is 10.7. The van der Waals surface area contributed by atoms with Crippen molar-refractivity contribution < 1.29 is 127 Å². The number of fused-ring (bicyclic) bond motifs is 4. The quantitative estimate of drug-likeness (QED) is 0.0104. The van der Waals surface area contributed by atoms with Crippen LogP contribution in [0.1, 0.15) is 140 Å². The number of hydrogen-bond acceptors (Lipinski definition) is 37. The Morgan fingerprint density at radius 1 is 0.431 bits per heavy atom. The molecule has 8 aliphatic rings. The van der Waals surface area contributed by atoms with Gasteiger partial charge in [-0.15, -0.1) is 10.1 Å². The smallest absolute Gasteiger partial charge is 0.726 e. The first kappa shape index (κ1) is 82.2. The van der Waals surface area contributed by atoms with Crippen LogP contribution in [0, 0.1) is 10.1 Å². The number of aliphatic hydroxyl groups is 10. The van der Waals surface area contributed by atoms with Crippen LogP contribution in [-0.2, 0) is 38.4 Å². The van der Waals surface area contributed by atoms with Crippen LogP contribution in [0.25, 0.3) is 44.7 Å². The number of hydrogen-bond donors (Lipinski definition) is 14. The molecule has 0 spiro atoms. The number of halogens is 3. The van der Waals surface area contributed by atoms with Gasteiger partial charge >= 0.3 is 29.6 Å². The molecule has 14 N–H and O–H groups in total. The largest absolute Gasteiger partial charge is 1.00 e. The second kappa shape index (κ2) is 36.3. The Bertz CT molecular complexity index is 4500. The second-order valence-corrected chi connectivity index (χ2v) is 29.6. The number of rotatable bonds is 20. The van der Waals surface area contributed by atoms with Gasteiger partial charge in [-0.25, -0.2) is 38.3 Å². The minimum Gasteiger partial charge on any atom is -0.726 e. The van der Waals surface area contributed by atoms with Crippen molar-refractivity contribution in [3.05, 3.63) is 57.6 Å². The molecular weight excluding hydrogens is 1540 g/mol. The summed E-state index contributed by atoms with van der Waals surface area (Å²) in [6.45, 7) is -2.02. The molecule has 0 amide bonds. The number of ether oxygens (including phenoxy) is 4. The molecule has 0 unspecified atom stereocenters. The van der Waals surface area contributed by atoms with E-state index in [0.717, 1.165) is 77.0 Å². The third-order valence-electron chi connectivity index (χ3n) is 20.4. The van der Waals surface area contributed by atoms with Crippen LogP contribution in [0.2, 0.25) is 15.9 Å². The van der Waals surface area contributed by atoms with Crippen LogP contribution in [0.5, 0.6) is 0 Å². The van der Waals surface area contributed by atoms with Crippen molar-refractivity contribution in [3.8, 4) is 0 Å². The Balaban J connectivity index is 0.000000136. The molecule has 4 aliphatic heterocycles. The van der Waals surface area contributed by atoms with Gasteiger partial charge in [0.1, 0.15) is 86.2 Å². The van der Waals surface area contributed by atoms with Gasteiger partial charge in [0.25, 0.3) is 5.09 Å². The molecule has 16 atom stereocenters. The van der Waals surface area contributed by atoms with Crippen molar-refractivity contribution in [1.82, 2.24) is 78.1 Å². The third kappa shape index (κ3) is 18.7. The van der Waals surface area contributed by atoms with E-state index in [-0.39, 0.29) is 69.7 Å². The standard InChI is InChI=1S/C16H21ClN6O6.C16H22ClN5O7S.C15H20ClN5O4.C15H21N5O4.Na/c17-16-20-13(19-8-4-2-1-3-5-8)10-14(21-16)22(7-18-10)15-12(25)11(24)9(29-15)6-28-23(26)27;17-16-20-13(19-8-4-2-1-3-5-8)10-14(21-16)22(7-18-10)15-12(24)11(23)9(29-15)6-28-30(25,26)27;16-15-19-12(18-7-3-1-2-4-7)9-13(20-15)21(6-17-9)14-11(24)10(23)8(5-22)25-14;21-5-9-11(22)12(23)15(24-9)20-7-18-10-13(16-6-17-14(10)20)19-8-3-1-2-4-8;/h7-9,11-12,15,24-25H,1-6H2,(H,19,20,21);7-9,11-12,15,23-24H,1-6H2,(H,19,20,21)(H,25,26,27);6-8,10-11,14,22-24H,1-5H2,(H,18,19,20);6-9,11-12,15,21-23H,1-5H2,(H,16,17,19);/q;;;;+1/p-1/t2*9-,11-,12-,15-;8-,10-,11-,14-;9-,11-,12-,15-;/m1111./s1. The molecule has 42 nitrogen and oxygen atoms in total. The summed E-state index contributed by atoms with van der Waals surface area (Å²) in [5.74, 6) is 2.16. The fourth-order valence-corrected chi connectivity index (χ4v) is 15.6. The maximum atomic E-state index is 10.7. The molecule has 16 rings (SSSR count). The van der Waals surface area contributed by atoms with Crippen molar-refractivity contribution in [2.75, 3.05) is 47.7 Å². The number of nitrogens with one attached hydrogen (secondary N) is 4.